The Hall–Kier alpha value is -4.45. The van der Waals surface area contributed by atoms with Crippen LogP contribution in [0.3, 0.4) is 0 Å². The lowest BCUT2D eigenvalue weighted by molar-refractivity contribution is 0.0299. The van der Waals surface area contributed by atoms with E-state index in [1.54, 1.807) is 51.7 Å². The minimum Gasteiger partial charge on any atom is -0.491 e. The molecule has 0 unspecified atom stereocenters. The summed E-state index contributed by atoms with van der Waals surface area (Å²) in [5, 5.41) is 17.8. The Morgan fingerprint density at radius 1 is 1.13 bits per heavy atom. The summed E-state index contributed by atoms with van der Waals surface area (Å²) in [6.07, 6.45) is 13.3. The van der Waals surface area contributed by atoms with Gasteiger partial charge in [0.05, 0.1) is 37.8 Å². The van der Waals surface area contributed by atoms with Crippen molar-refractivity contribution < 1.29 is 14.6 Å². The molecule has 2 atom stereocenters. The maximum absolute atomic E-state index is 13.4. The third-order valence-electron chi connectivity index (χ3n) is 7.45. The van der Waals surface area contributed by atoms with Gasteiger partial charge in [-0.2, -0.15) is 10.1 Å². The fraction of sp³-hybridized carbons (Fsp3) is 0.346. The highest BCUT2D eigenvalue weighted by atomic mass is 16.5. The van der Waals surface area contributed by atoms with Crippen molar-refractivity contribution in [2.24, 2.45) is 7.05 Å². The quantitative estimate of drug-likeness (QED) is 0.336. The van der Waals surface area contributed by atoms with Crippen LogP contribution in [-0.2, 0) is 7.05 Å². The van der Waals surface area contributed by atoms with E-state index >= 15 is 0 Å². The van der Waals surface area contributed by atoms with Crippen molar-refractivity contribution >= 4 is 28.3 Å². The van der Waals surface area contributed by atoms with Crippen molar-refractivity contribution in [1.82, 2.24) is 33.7 Å². The maximum Gasteiger partial charge on any atom is 0.274 e. The zero-order valence-electron chi connectivity index (χ0n) is 20.9. The summed E-state index contributed by atoms with van der Waals surface area (Å²) in [5.41, 5.74) is 3.07. The lowest BCUT2D eigenvalue weighted by atomic mass is 9.88. The predicted octanol–water partition coefficient (Wildman–Crippen LogP) is 3.29. The van der Waals surface area contributed by atoms with Gasteiger partial charge >= 0.3 is 0 Å². The van der Waals surface area contributed by atoms with Gasteiger partial charge in [-0.25, -0.2) is 9.50 Å². The number of nitrogens with one attached hydrogen (secondary N) is 1. The van der Waals surface area contributed by atoms with Crippen LogP contribution < -0.4 is 20.3 Å². The van der Waals surface area contributed by atoms with E-state index in [-0.39, 0.29) is 11.6 Å². The zero-order valence-corrected chi connectivity index (χ0v) is 20.9. The van der Waals surface area contributed by atoms with Crippen LogP contribution in [0.15, 0.2) is 48.0 Å². The van der Waals surface area contributed by atoms with Crippen molar-refractivity contribution in [1.29, 1.82) is 0 Å². The van der Waals surface area contributed by atoms with Crippen LogP contribution in [0.25, 0.3) is 16.7 Å². The minimum absolute atomic E-state index is 0.184. The highest BCUT2D eigenvalue weighted by molar-refractivity contribution is 5.85. The molecule has 2 aliphatic rings. The Kier molecular flexibility index (Phi) is 5.11. The van der Waals surface area contributed by atoms with E-state index in [4.69, 9.17) is 9.47 Å². The number of anilines is 2. The van der Waals surface area contributed by atoms with E-state index in [9.17, 15) is 9.90 Å². The van der Waals surface area contributed by atoms with Gasteiger partial charge in [0.25, 0.3) is 5.56 Å². The Bertz CT molecular complexity index is 1750. The van der Waals surface area contributed by atoms with E-state index in [2.05, 4.69) is 25.4 Å². The average molecular weight is 515 g/mol. The number of hydrogen-bond acceptors (Lipinski definition) is 9. The number of methoxy groups -OCH3 is 1. The van der Waals surface area contributed by atoms with Crippen LogP contribution in [-0.4, -0.2) is 52.0 Å². The molecule has 0 bridgehead atoms. The van der Waals surface area contributed by atoms with Crippen LogP contribution in [0.1, 0.15) is 43.2 Å². The standard InChI is InChI=1S/C26H26N8O4/c1-32-22-23(37-2)21(38-20-12-29-34-8-7-27-10-18(20)34)11-28-24(22)31-26(32)30-16-9-15(14-3-4-14)13-33(25(16)36)17-5-6-19(17)35/h7-14,17,19,35H,3-6H2,1-2H3,(H,28,30,31)/t17-,19-/m1/s1. The number of pyridine rings is 2. The minimum atomic E-state index is -0.499. The number of imidazole rings is 1. The molecule has 38 heavy (non-hydrogen) atoms. The first-order valence-corrected chi connectivity index (χ1v) is 12.6. The molecular weight excluding hydrogens is 488 g/mol. The molecular formula is C26H26N8O4. The number of nitrogens with zero attached hydrogens (tertiary/aromatic N) is 7. The average Bonchev–Trinajstić information content (AvgIpc) is 3.63. The Morgan fingerprint density at radius 2 is 2.00 bits per heavy atom. The molecule has 12 nitrogen and oxygen atoms in total. The summed E-state index contributed by atoms with van der Waals surface area (Å²) < 4.78 is 17.0. The van der Waals surface area contributed by atoms with Crippen LogP contribution in [0.4, 0.5) is 11.6 Å². The number of fused-ring (bicyclic) bond motifs is 2. The first-order valence-electron chi connectivity index (χ1n) is 12.6. The summed E-state index contributed by atoms with van der Waals surface area (Å²) in [4.78, 5) is 26.7. The summed E-state index contributed by atoms with van der Waals surface area (Å²) in [7, 11) is 3.38. The summed E-state index contributed by atoms with van der Waals surface area (Å²) >= 11 is 0. The molecule has 0 amide bonds. The van der Waals surface area contributed by atoms with Gasteiger partial charge in [-0.05, 0) is 43.2 Å². The van der Waals surface area contributed by atoms with E-state index in [1.807, 2.05) is 19.3 Å². The van der Waals surface area contributed by atoms with Gasteiger partial charge in [-0.1, -0.05) is 0 Å². The third-order valence-corrected chi connectivity index (χ3v) is 7.45. The third kappa shape index (κ3) is 3.59. The molecule has 12 heteroatoms. The van der Waals surface area contributed by atoms with Crippen molar-refractivity contribution in [3.63, 3.8) is 0 Å². The molecule has 5 aromatic rings. The smallest absolute Gasteiger partial charge is 0.274 e. The number of aliphatic hydroxyl groups excluding tert-OH is 1. The largest absolute Gasteiger partial charge is 0.491 e. The molecule has 0 saturated heterocycles. The SMILES string of the molecule is COc1c(Oc2cnn3ccncc23)cnc2nc(Nc3cc(C4CC4)cn([C@@H]4CC[C@H]4O)c3=O)n(C)c12. The van der Waals surface area contributed by atoms with E-state index in [1.165, 1.54) is 0 Å². The molecule has 2 aliphatic carbocycles. The lowest BCUT2D eigenvalue weighted by Gasteiger charge is -2.34. The molecule has 0 spiro atoms. The van der Waals surface area contributed by atoms with Crippen LogP contribution in [0.2, 0.25) is 0 Å². The highest BCUT2D eigenvalue weighted by Gasteiger charge is 2.33. The number of aromatic nitrogens is 7. The Morgan fingerprint density at radius 3 is 2.74 bits per heavy atom. The van der Waals surface area contributed by atoms with E-state index < -0.39 is 6.10 Å². The first kappa shape index (κ1) is 22.7. The molecule has 194 valence electrons. The van der Waals surface area contributed by atoms with Gasteiger partial charge in [-0.3, -0.25) is 9.78 Å². The Labute approximate surface area is 216 Å². The highest BCUT2D eigenvalue weighted by Crippen LogP contribution is 2.42. The molecule has 2 saturated carbocycles. The maximum atomic E-state index is 13.4. The molecule has 0 aromatic carbocycles. The number of hydrogen-bond donors (Lipinski definition) is 2. The second kappa shape index (κ2) is 8.55. The van der Waals surface area contributed by atoms with Crippen LogP contribution in [0, 0.1) is 0 Å². The number of aryl methyl sites for hydroxylation is 1. The molecule has 2 N–H and O–H groups in total. The Balaban J connectivity index is 1.28. The number of ether oxygens (including phenoxy) is 2. The second-order valence-corrected chi connectivity index (χ2v) is 9.85. The van der Waals surface area contributed by atoms with Crippen molar-refractivity contribution in [2.45, 2.75) is 43.7 Å². The number of aliphatic hydroxyl groups is 1. The van der Waals surface area contributed by atoms with Crippen molar-refractivity contribution in [3.8, 4) is 17.2 Å². The van der Waals surface area contributed by atoms with Gasteiger partial charge in [0, 0.05) is 25.6 Å². The summed E-state index contributed by atoms with van der Waals surface area (Å²) in [5.74, 6) is 2.23. The van der Waals surface area contributed by atoms with Crippen molar-refractivity contribution in [3.05, 3.63) is 59.2 Å². The second-order valence-electron chi connectivity index (χ2n) is 9.85. The molecule has 2 fully saturated rings. The first-order chi connectivity index (χ1) is 18.5. The molecule has 5 aromatic heterocycles. The zero-order chi connectivity index (χ0) is 26.0. The predicted molar refractivity (Wildman–Crippen MR) is 138 cm³/mol. The van der Waals surface area contributed by atoms with Gasteiger partial charge in [0.2, 0.25) is 5.95 Å². The van der Waals surface area contributed by atoms with Crippen LogP contribution in [0.5, 0.6) is 17.2 Å². The molecule has 7 rings (SSSR count). The topological polar surface area (TPSA) is 134 Å². The van der Waals surface area contributed by atoms with Crippen LogP contribution >= 0.6 is 0 Å². The van der Waals surface area contributed by atoms with Crippen molar-refractivity contribution in [2.75, 3.05) is 12.4 Å². The summed E-state index contributed by atoms with van der Waals surface area (Å²) in [6, 6.07) is 1.71. The summed E-state index contributed by atoms with van der Waals surface area (Å²) in [6.45, 7) is 0. The van der Waals surface area contributed by atoms with Gasteiger partial charge in [0.15, 0.2) is 22.9 Å². The van der Waals surface area contributed by atoms with E-state index in [0.717, 1.165) is 24.8 Å². The fourth-order valence-corrected chi connectivity index (χ4v) is 5.02. The number of rotatable bonds is 7. The monoisotopic (exact) mass is 514 g/mol. The normalized spacial score (nSPS) is 19.0. The molecule has 5 heterocycles. The van der Waals surface area contributed by atoms with Gasteiger partial charge in [0.1, 0.15) is 16.7 Å². The van der Waals surface area contributed by atoms with E-state index in [0.29, 0.717) is 57.9 Å². The fourth-order valence-electron chi connectivity index (χ4n) is 5.02. The van der Waals surface area contributed by atoms with Gasteiger partial charge < -0.3 is 29.0 Å². The lowest BCUT2D eigenvalue weighted by Crippen LogP contribution is -2.39. The molecule has 0 radical (unpaired) electrons. The van der Waals surface area contributed by atoms with Gasteiger partial charge in [-0.15, -0.1) is 0 Å². The molecule has 0 aliphatic heterocycles.